The second-order valence-corrected chi connectivity index (χ2v) is 9.29. The molecule has 1 unspecified atom stereocenters. The molecule has 3 aromatic rings. The molecule has 0 bridgehead atoms. The topological polar surface area (TPSA) is 118 Å². The molecule has 0 spiro atoms. The van der Waals surface area contributed by atoms with E-state index in [9.17, 15) is 18.8 Å². The number of nitrogens with one attached hydrogen (secondary N) is 3. The lowest BCUT2D eigenvalue weighted by Gasteiger charge is -2.23. The van der Waals surface area contributed by atoms with Crippen LogP contribution in [0.3, 0.4) is 0 Å². The summed E-state index contributed by atoms with van der Waals surface area (Å²) in [7, 11) is 0. The van der Waals surface area contributed by atoms with Crippen molar-refractivity contribution in [1.29, 1.82) is 0 Å². The molecule has 2 aromatic carbocycles. The van der Waals surface area contributed by atoms with E-state index < -0.39 is 12.1 Å². The van der Waals surface area contributed by atoms with Crippen LogP contribution >= 0.6 is 11.8 Å². The number of amides is 4. The molecule has 3 N–H and O–H groups in total. The van der Waals surface area contributed by atoms with Gasteiger partial charge in [-0.3, -0.25) is 19.5 Å². The molecule has 4 amide bonds. The molecule has 0 aliphatic carbocycles. The number of rotatable bonds is 8. The summed E-state index contributed by atoms with van der Waals surface area (Å²) in [6.45, 7) is 4.24. The van der Waals surface area contributed by atoms with E-state index in [1.54, 1.807) is 12.1 Å². The Kier molecular flexibility index (Phi) is 7.45. The van der Waals surface area contributed by atoms with Gasteiger partial charge in [0.25, 0.3) is 0 Å². The minimum Gasteiger partial charge on any atom is -0.351 e. The Balaban J connectivity index is 1.51. The highest BCUT2D eigenvalue weighted by Crippen LogP contribution is 2.26. The van der Waals surface area contributed by atoms with E-state index in [2.05, 4.69) is 26.1 Å². The molecule has 0 saturated carbocycles. The molecule has 1 atom stereocenters. The zero-order valence-electron chi connectivity index (χ0n) is 19.3. The number of halogens is 1. The largest absolute Gasteiger partial charge is 0.351 e. The SMILES string of the molecule is Cc1ccc(C)c(-n2c(CC3CC(=O)NC(=O)N3)nnc2SCC(=O)NCc2ccc(F)cc2)c1. The van der Waals surface area contributed by atoms with Gasteiger partial charge < -0.3 is 10.6 Å². The van der Waals surface area contributed by atoms with Gasteiger partial charge in [0, 0.05) is 25.4 Å². The van der Waals surface area contributed by atoms with Gasteiger partial charge in [-0.2, -0.15) is 0 Å². The van der Waals surface area contributed by atoms with Crippen molar-refractivity contribution in [3.05, 3.63) is 70.8 Å². The lowest BCUT2D eigenvalue weighted by Crippen LogP contribution is -2.53. The number of benzene rings is 2. The van der Waals surface area contributed by atoms with Gasteiger partial charge in [-0.1, -0.05) is 36.0 Å². The average molecular weight is 497 g/mol. The zero-order chi connectivity index (χ0) is 24.9. The molecule has 1 saturated heterocycles. The van der Waals surface area contributed by atoms with Crippen LogP contribution in [0.2, 0.25) is 0 Å². The molecule has 2 heterocycles. The molecular formula is C24H25FN6O3S. The number of imide groups is 1. The van der Waals surface area contributed by atoms with Crippen LogP contribution in [0, 0.1) is 19.7 Å². The van der Waals surface area contributed by atoms with E-state index in [0.717, 1.165) is 22.4 Å². The summed E-state index contributed by atoms with van der Waals surface area (Å²) in [5.74, 6) is -0.192. The van der Waals surface area contributed by atoms with Crippen LogP contribution < -0.4 is 16.0 Å². The van der Waals surface area contributed by atoms with Crippen molar-refractivity contribution in [2.24, 2.45) is 0 Å². The highest BCUT2D eigenvalue weighted by Gasteiger charge is 2.27. The standard InChI is InChI=1S/C24H25FN6O3S/c1-14-3-4-15(2)19(9-14)31-20(10-18-11-21(32)28-23(34)27-18)29-30-24(31)35-13-22(33)26-12-16-5-7-17(25)8-6-16/h3-9,18H,10-13H2,1-2H3,(H,26,33)(H2,27,28,32,34). The molecule has 35 heavy (non-hydrogen) atoms. The summed E-state index contributed by atoms with van der Waals surface area (Å²) in [4.78, 5) is 36.0. The Bertz CT molecular complexity index is 1240. The maximum absolute atomic E-state index is 13.1. The van der Waals surface area contributed by atoms with Gasteiger partial charge in [0.05, 0.1) is 11.4 Å². The first-order valence-corrected chi connectivity index (χ1v) is 12.0. The van der Waals surface area contributed by atoms with Gasteiger partial charge in [-0.15, -0.1) is 10.2 Å². The molecule has 182 valence electrons. The van der Waals surface area contributed by atoms with Crippen LogP contribution in [0.25, 0.3) is 5.69 Å². The summed E-state index contributed by atoms with van der Waals surface area (Å²) in [5.41, 5.74) is 3.70. The Morgan fingerprint density at radius 1 is 1.17 bits per heavy atom. The monoisotopic (exact) mass is 496 g/mol. The van der Waals surface area contributed by atoms with E-state index in [1.807, 2.05) is 36.6 Å². The zero-order valence-corrected chi connectivity index (χ0v) is 20.1. The van der Waals surface area contributed by atoms with E-state index in [0.29, 0.717) is 17.4 Å². The Labute approximate surface area is 205 Å². The summed E-state index contributed by atoms with van der Waals surface area (Å²) in [6, 6.07) is 11.0. The molecule has 1 aliphatic heterocycles. The molecule has 1 fully saturated rings. The number of hydrogen-bond acceptors (Lipinski definition) is 6. The predicted octanol–water partition coefficient (Wildman–Crippen LogP) is 2.57. The van der Waals surface area contributed by atoms with Gasteiger partial charge in [0.1, 0.15) is 11.6 Å². The lowest BCUT2D eigenvalue weighted by molar-refractivity contribution is -0.121. The molecule has 1 aromatic heterocycles. The smallest absolute Gasteiger partial charge is 0.321 e. The van der Waals surface area contributed by atoms with E-state index in [1.165, 1.54) is 23.9 Å². The first kappa shape index (κ1) is 24.4. The number of hydrogen-bond donors (Lipinski definition) is 3. The van der Waals surface area contributed by atoms with Crippen LogP contribution in [-0.4, -0.2) is 44.4 Å². The van der Waals surface area contributed by atoms with E-state index >= 15 is 0 Å². The second-order valence-electron chi connectivity index (χ2n) is 8.34. The third kappa shape index (κ3) is 6.24. The Hall–Kier alpha value is -3.73. The molecule has 11 heteroatoms. The molecular weight excluding hydrogens is 471 g/mol. The summed E-state index contributed by atoms with van der Waals surface area (Å²) in [6.07, 6.45) is 0.441. The first-order chi connectivity index (χ1) is 16.8. The quantitative estimate of drug-likeness (QED) is 0.413. The normalized spacial score (nSPS) is 15.5. The third-order valence-corrected chi connectivity index (χ3v) is 6.42. The van der Waals surface area contributed by atoms with E-state index in [4.69, 9.17) is 0 Å². The average Bonchev–Trinajstić information content (AvgIpc) is 3.20. The molecule has 9 nitrogen and oxygen atoms in total. The maximum atomic E-state index is 13.1. The molecule has 0 radical (unpaired) electrons. The number of thioether (sulfide) groups is 1. The fraction of sp³-hybridized carbons (Fsp3) is 0.292. The lowest BCUT2D eigenvalue weighted by atomic mass is 10.1. The summed E-state index contributed by atoms with van der Waals surface area (Å²) >= 11 is 1.24. The number of carbonyl (C=O) groups is 3. The van der Waals surface area contributed by atoms with Crippen molar-refractivity contribution in [2.45, 2.75) is 44.4 Å². The summed E-state index contributed by atoms with van der Waals surface area (Å²) < 4.78 is 14.9. The summed E-state index contributed by atoms with van der Waals surface area (Å²) in [5, 5.41) is 17.0. The highest BCUT2D eigenvalue weighted by molar-refractivity contribution is 7.99. The van der Waals surface area contributed by atoms with Crippen LogP contribution in [0.5, 0.6) is 0 Å². The Morgan fingerprint density at radius 3 is 2.69 bits per heavy atom. The van der Waals surface area contributed by atoms with Gasteiger partial charge in [-0.05, 0) is 48.7 Å². The minimum atomic E-state index is -0.531. The van der Waals surface area contributed by atoms with Crippen molar-refractivity contribution in [1.82, 2.24) is 30.7 Å². The van der Waals surface area contributed by atoms with Gasteiger partial charge in [-0.25, -0.2) is 9.18 Å². The van der Waals surface area contributed by atoms with Crippen LogP contribution in [-0.2, 0) is 22.6 Å². The second kappa shape index (κ2) is 10.7. The van der Waals surface area contributed by atoms with E-state index in [-0.39, 0.29) is 36.4 Å². The van der Waals surface area contributed by atoms with Crippen LogP contribution in [0.1, 0.15) is 28.9 Å². The van der Waals surface area contributed by atoms with Crippen molar-refractivity contribution in [3.63, 3.8) is 0 Å². The number of urea groups is 1. The van der Waals surface area contributed by atoms with Gasteiger partial charge in [0.2, 0.25) is 11.8 Å². The van der Waals surface area contributed by atoms with Gasteiger partial charge >= 0.3 is 6.03 Å². The van der Waals surface area contributed by atoms with Crippen molar-refractivity contribution < 1.29 is 18.8 Å². The van der Waals surface area contributed by atoms with Crippen molar-refractivity contribution >= 4 is 29.6 Å². The Morgan fingerprint density at radius 2 is 1.94 bits per heavy atom. The number of aromatic nitrogens is 3. The van der Waals surface area contributed by atoms with Crippen LogP contribution in [0.15, 0.2) is 47.6 Å². The van der Waals surface area contributed by atoms with Crippen molar-refractivity contribution in [2.75, 3.05) is 5.75 Å². The molecule has 4 rings (SSSR count). The number of nitrogens with zero attached hydrogens (tertiary/aromatic N) is 3. The maximum Gasteiger partial charge on any atom is 0.321 e. The molecule has 1 aliphatic rings. The van der Waals surface area contributed by atoms with Crippen molar-refractivity contribution in [3.8, 4) is 5.69 Å². The fourth-order valence-electron chi connectivity index (χ4n) is 3.73. The highest BCUT2D eigenvalue weighted by atomic mass is 32.2. The first-order valence-electron chi connectivity index (χ1n) is 11.0. The van der Waals surface area contributed by atoms with Gasteiger partial charge in [0.15, 0.2) is 5.16 Å². The third-order valence-electron chi connectivity index (χ3n) is 5.49. The number of aryl methyl sites for hydroxylation is 2. The predicted molar refractivity (Wildman–Crippen MR) is 129 cm³/mol. The number of carbonyl (C=O) groups excluding carboxylic acids is 3. The minimum absolute atomic E-state index is 0.104. The van der Waals surface area contributed by atoms with Crippen LogP contribution in [0.4, 0.5) is 9.18 Å². The fourth-order valence-corrected chi connectivity index (χ4v) is 4.52.